The number of nitrogens with one attached hydrogen (secondary N) is 1. The minimum atomic E-state index is 0.483. The maximum atomic E-state index is 9.75. The number of benzene rings is 2. The second-order valence-corrected chi connectivity index (χ2v) is 7.12. The van der Waals surface area contributed by atoms with Crippen LogP contribution in [0.4, 0.5) is 11.5 Å². The number of halogens is 2. The molecule has 4 nitrogen and oxygen atoms in total. The molecule has 2 aromatic heterocycles. The van der Waals surface area contributed by atoms with Gasteiger partial charge in [-0.25, -0.2) is 4.98 Å². The lowest BCUT2D eigenvalue weighted by Crippen LogP contribution is -2.07. The smallest absolute Gasteiger partial charge is 0.157 e. The molecule has 27 heavy (non-hydrogen) atoms. The normalized spacial score (nSPS) is 11.1. The van der Waals surface area contributed by atoms with Gasteiger partial charge in [0.1, 0.15) is 11.9 Å². The molecular formula is C21H16Cl2N4. The average Bonchev–Trinajstić information content (AvgIpc) is 3.04. The van der Waals surface area contributed by atoms with Crippen LogP contribution in [0.5, 0.6) is 0 Å². The van der Waals surface area contributed by atoms with Crippen LogP contribution in [0.1, 0.15) is 23.6 Å². The van der Waals surface area contributed by atoms with Gasteiger partial charge in [0.05, 0.1) is 26.6 Å². The Kier molecular flexibility index (Phi) is 4.43. The van der Waals surface area contributed by atoms with Crippen LogP contribution in [0.3, 0.4) is 0 Å². The topological polar surface area (TPSA) is 53.1 Å². The summed E-state index contributed by atoms with van der Waals surface area (Å²) in [6.45, 7) is 4.05. The Hall–Kier alpha value is -2.74. The predicted molar refractivity (Wildman–Crippen MR) is 111 cm³/mol. The number of aromatic nitrogens is 2. The van der Waals surface area contributed by atoms with Gasteiger partial charge in [0, 0.05) is 5.69 Å². The first-order chi connectivity index (χ1) is 13.0. The Balaban J connectivity index is 2.08. The molecule has 0 spiro atoms. The van der Waals surface area contributed by atoms with Gasteiger partial charge in [0.2, 0.25) is 0 Å². The van der Waals surface area contributed by atoms with Gasteiger partial charge in [-0.2, -0.15) is 5.26 Å². The molecule has 0 aliphatic carbocycles. The lowest BCUT2D eigenvalue weighted by molar-refractivity contribution is 1.05. The summed E-state index contributed by atoms with van der Waals surface area (Å²) < 4.78 is 2.02. The third-order valence-electron chi connectivity index (χ3n) is 4.77. The number of nitriles is 1. The predicted octanol–water partition coefficient (Wildman–Crippen LogP) is 6.28. The molecule has 0 bridgehead atoms. The highest BCUT2D eigenvalue weighted by atomic mass is 35.5. The van der Waals surface area contributed by atoms with Crippen molar-refractivity contribution in [3.8, 4) is 6.07 Å². The van der Waals surface area contributed by atoms with Crippen LogP contribution in [0.15, 0.2) is 42.5 Å². The number of nitrogens with zero attached hydrogens (tertiary/aromatic N) is 3. The molecule has 2 aromatic carbocycles. The molecule has 0 atom stereocenters. The van der Waals surface area contributed by atoms with Gasteiger partial charge in [-0.05, 0) is 54.8 Å². The van der Waals surface area contributed by atoms with E-state index in [1.54, 1.807) is 12.1 Å². The maximum absolute atomic E-state index is 9.75. The first-order valence-electron chi connectivity index (χ1n) is 8.60. The zero-order valence-corrected chi connectivity index (χ0v) is 16.4. The van der Waals surface area contributed by atoms with Gasteiger partial charge in [-0.1, -0.05) is 42.3 Å². The molecular weight excluding hydrogens is 379 g/mol. The Morgan fingerprint density at radius 2 is 1.93 bits per heavy atom. The van der Waals surface area contributed by atoms with Gasteiger partial charge in [-0.3, -0.25) is 4.40 Å². The molecule has 4 aromatic rings. The van der Waals surface area contributed by atoms with E-state index in [-0.39, 0.29) is 0 Å². The summed E-state index contributed by atoms with van der Waals surface area (Å²) in [6.07, 6.45) is 0.770. The Labute approximate surface area is 167 Å². The zero-order chi connectivity index (χ0) is 19.1. The first kappa shape index (κ1) is 17.7. The third kappa shape index (κ3) is 2.80. The van der Waals surface area contributed by atoms with Crippen LogP contribution < -0.4 is 5.32 Å². The molecule has 0 amide bonds. The van der Waals surface area contributed by atoms with Crippen molar-refractivity contribution >= 4 is 51.4 Å². The van der Waals surface area contributed by atoms with E-state index in [0.717, 1.165) is 40.1 Å². The van der Waals surface area contributed by atoms with Crippen LogP contribution in [0, 0.1) is 18.3 Å². The summed E-state index contributed by atoms with van der Waals surface area (Å²) in [6, 6.07) is 15.6. The second kappa shape index (κ2) is 6.77. The summed E-state index contributed by atoms with van der Waals surface area (Å²) in [5, 5.41) is 14.2. The number of hydrogen-bond acceptors (Lipinski definition) is 3. The monoisotopic (exact) mass is 394 g/mol. The summed E-state index contributed by atoms with van der Waals surface area (Å²) in [5.74, 6) is 0.885. The zero-order valence-electron chi connectivity index (χ0n) is 14.8. The van der Waals surface area contributed by atoms with E-state index in [2.05, 4.69) is 18.3 Å². The number of hydrogen-bond donors (Lipinski definition) is 1. The Bertz CT molecular complexity index is 1230. The minimum Gasteiger partial charge on any atom is -0.341 e. The number of imidazole rings is 1. The number of fused-ring (bicyclic) bond motifs is 3. The maximum Gasteiger partial charge on any atom is 0.157 e. The lowest BCUT2D eigenvalue weighted by Gasteiger charge is -2.18. The number of pyridine rings is 1. The molecule has 0 radical (unpaired) electrons. The summed E-state index contributed by atoms with van der Waals surface area (Å²) in [4.78, 5) is 4.71. The van der Waals surface area contributed by atoms with Crippen molar-refractivity contribution in [2.24, 2.45) is 0 Å². The van der Waals surface area contributed by atoms with Crippen molar-refractivity contribution in [3.05, 3.63) is 69.2 Å². The molecule has 0 unspecified atom stereocenters. The molecule has 4 rings (SSSR count). The van der Waals surface area contributed by atoms with E-state index in [1.165, 1.54) is 0 Å². The van der Waals surface area contributed by atoms with Crippen molar-refractivity contribution in [1.29, 1.82) is 5.26 Å². The van der Waals surface area contributed by atoms with Crippen molar-refractivity contribution in [1.82, 2.24) is 9.38 Å². The van der Waals surface area contributed by atoms with E-state index in [9.17, 15) is 5.26 Å². The van der Waals surface area contributed by atoms with Crippen molar-refractivity contribution in [2.45, 2.75) is 20.3 Å². The largest absolute Gasteiger partial charge is 0.341 e. The van der Waals surface area contributed by atoms with Crippen molar-refractivity contribution < 1.29 is 0 Å². The highest BCUT2D eigenvalue weighted by Gasteiger charge is 2.20. The Morgan fingerprint density at radius 1 is 1.15 bits per heavy atom. The summed E-state index contributed by atoms with van der Waals surface area (Å²) >= 11 is 12.2. The fraction of sp³-hybridized carbons (Fsp3) is 0.143. The van der Waals surface area contributed by atoms with E-state index in [1.807, 2.05) is 41.7 Å². The fourth-order valence-corrected chi connectivity index (χ4v) is 3.76. The van der Waals surface area contributed by atoms with Crippen LogP contribution in [-0.2, 0) is 6.42 Å². The molecule has 0 fully saturated rings. The van der Waals surface area contributed by atoms with Crippen LogP contribution in [0.2, 0.25) is 10.0 Å². The average molecular weight is 395 g/mol. The minimum absolute atomic E-state index is 0.483. The molecule has 134 valence electrons. The standard InChI is InChI=1S/C21H16Cl2N4/c1-3-14-12(2)15(11-24)21-26-18-6-4-5-7-19(18)27(21)20(14)25-13-8-9-16(22)17(23)10-13/h4-10,25H,3H2,1-2H3. The summed E-state index contributed by atoms with van der Waals surface area (Å²) in [7, 11) is 0. The quantitative estimate of drug-likeness (QED) is 0.444. The van der Waals surface area contributed by atoms with Gasteiger partial charge in [0.15, 0.2) is 5.65 Å². The SMILES string of the molecule is CCc1c(C)c(C#N)c2nc3ccccc3n2c1Nc1ccc(Cl)c(Cl)c1. The van der Waals surface area contributed by atoms with Gasteiger partial charge in [0.25, 0.3) is 0 Å². The molecule has 0 saturated carbocycles. The number of anilines is 2. The van der Waals surface area contributed by atoms with E-state index in [0.29, 0.717) is 21.3 Å². The Morgan fingerprint density at radius 3 is 2.63 bits per heavy atom. The highest BCUT2D eigenvalue weighted by Crippen LogP contribution is 2.34. The molecule has 0 saturated heterocycles. The molecule has 0 aliphatic rings. The third-order valence-corrected chi connectivity index (χ3v) is 5.51. The molecule has 0 aliphatic heterocycles. The summed E-state index contributed by atoms with van der Waals surface area (Å²) in [5.41, 5.74) is 5.86. The first-order valence-corrected chi connectivity index (χ1v) is 9.35. The highest BCUT2D eigenvalue weighted by molar-refractivity contribution is 6.42. The van der Waals surface area contributed by atoms with E-state index < -0.39 is 0 Å². The fourth-order valence-electron chi connectivity index (χ4n) is 3.46. The van der Waals surface area contributed by atoms with Gasteiger partial charge < -0.3 is 5.32 Å². The van der Waals surface area contributed by atoms with E-state index in [4.69, 9.17) is 28.2 Å². The lowest BCUT2D eigenvalue weighted by atomic mass is 10.0. The van der Waals surface area contributed by atoms with Crippen LogP contribution in [0.25, 0.3) is 16.7 Å². The number of rotatable bonds is 3. The van der Waals surface area contributed by atoms with Crippen molar-refractivity contribution in [3.63, 3.8) is 0 Å². The van der Waals surface area contributed by atoms with Crippen LogP contribution >= 0.6 is 23.2 Å². The van der Waals surface area contributed by atoms with Gasteiger partial charge >= 0.3 is 0 Å². The van der Waals surface area contributed by atoms with Crippen LogP contribution in [-0.4, -0.2) is 9.38 Å². The molecule has 2 heterocycles. The molecule has 1 N–H and O–H groups in total. The number of para-hydroxylation sites is 2. The molecule has 6 heteroatoms. The van der Waals surface area contributed by atoms with E-state index >= 15 is 0 Å². The van der Waals surface area contributed by atoms with Crippen molar-refractivity contribution in [2.75, 3.05) is 5.32 Å². The second-order valence-electron chi connectivity index (χ2n) is 6.31. The van der Waals surface area contributed by atoms with Gasteiger partial charge in [-0.15, -0.1) is 0 Å².